The number of amides is 3. The number of carbonyl (C=O) groups is 2. The second-order valence-electron chi connectivity index (χ2n) is 8.13. The van der Waals surface area contributed by atoms with Gasteiger partial charge >= 0.3 is 6.03 Å². The van der Waals surface area contributed by atoms with Gasteiger partial charge in [-0.3, -0.25) is 4.79 Å². The molecule has 3 N–H and O–H groups in total. The van der Waals surface area contributed by atoms with Crippen LogP contribution in [0.4, 0.5) is 10.5 Å². The quantitative estimate of drug-likeness (QED) is 0.586. The third kappa shape index (κ3) is 6.90. The molecule has 0 aliphatic heterocycles. The number of hydrogen-bond donors (Lipinski definition) is 3. The van der Waals surface area contributed by atoms with Crippen LogP contribution in [0.1, 0.15) is 38.0 Å². The molecule has 6 nitrogen and oxygen atoms in total. The molecular weight excluding hydrogens is 425 g/mol. The van der Waals surface area contributed by atoms with Crippen LogP contribution in [0, 0.1) is 5.41 Å². The van der Waals surface area contributed by atoms with Crippen molar-refractivity contribution in [2.75, 3.05) is 18.9 Å². The average molecular weight is 452 g/mol. The minimum atomic E-state index is -0.899. The first-order valence-corrected chi connectivity index (χ1v) is 10.3. The molecule has 0 saturated carbocycles. The summed E-state index contributed by atoms with van der Waals surface area (Å²) in [4.78, 5) is 25.7. The Hall–Kier alpha value is -2.28. The monoisotopic (exact) mass is 451 g/mol. The molecule has 0 aliphatic rings. The molecule has 3 amide bonds. The van der Waals surface area contributed by atoms with Crippen LogP contribution in [-0.4, -0.2) is 35.5 Å². The van der Waals surface area contributed by atoms with E-state index in [0.717, 1.165) is 5.56 Å². The molecule has 2 rings (SSSR count). The first kappa shape index (κ1) is 24.0. The third-order valence-corrected chi connectivity index (χ3v) is 5.20. The summed E-state index contributed by atoms with van der Waals surface area (Å²) in [5.41, 5.74) is 1.67. The largest absolute Gasteiger partial charge is 0.387 e. The van der Waals surface area contributed by atoms with E-state index in [1.54, 1.807) is 37.4 Å². The zero-order valence-corrected chi connectivity index (χ0v) is 19.0. The highest BCUT2D eigenvalue weighted by Gasteiger charge is 2.20. The number of carbonyl (C=O) groups excluding carboxylic acids is 2. The van der Waals surface area contributed by atoms with Gasteiger partial charge in [-0.1, -0.05) is 62.2 Å². The molecule has 1 unspecified atom stereocenters. The second kappa shape index (κ2) is 10.2. The van der Waals surface area contributed by atoms with Crippen molar-refractivity contribution in [2.45, 2.75) is 33.4 Å². The molecule has 0 heterocycles. The van der Waals surface area contributed by atoms with Crippen LogP contribution in [0.2, 0.25) is 10.0 Å². The highest BCUT2D eigenvalue weighted by molar-refractivity contribution is 6.42. The van der Waals surface area contributed by atoms with E-state index >= 15 is 0 Å². The summed E-state index contributed by atoms with van der Waals surface area (Å²) in [6, 6.07) is 11.7. The zero-order chi connectivity index (χ0) is 22.5. The Balaban J connectivity index is 1.88. The molecule has 30 heavy (non-hydrogen) atoms. The fourth-order valence-electron chi connectivity index (χ4n) is 2.54. The predicted octanol–water partition coefficient (Wildman–Crippen LogP) is 4.85. The highest BCUT2D eigenvalue weighted by Crippen LogP contribution is 2.26. The van der Waals surface area contributed by atoms with Crippen molar-refractivity contribution in [1.82, 2.24) is 10.2 Å². The van der Waals surface area contributed by atoms with Crippen LogP contribution in [0.15, 0.2) is 42.5 Å². The number of aliphatic hydroxyl groups is 1. The summed E-state index contributed by atoms with van der Waals surface area (Å²) in [5, 5.41) is 16.8. The van der Waals surface area contributed by atoms with Gasteiger partial charge in [0.25, 0.3) is 0 Å². The lowest BCUT2D eigenvalue weighted by atomic mass is 9.95. The van der Waals surface area contributed by atoms with Crippen LogP contribution in [-0.2, 0) is 11.3 Å². The smallest absolute Gasteiger partial charge is 0.321 e. The Kier molecular flexibility index (Phi) is 8.12. The highest BCUT2D eigenvalue weighted by atomic mass is 35.5. The number of urea groups is 1. The van der Waals surface area contributed by atoms with Gasteiger partial charge in [-0.2, -0.15) is 0 Å². The molecule has 0 saturated heterocycles. The van der Waals surface area contributed by atoms with Gasteiger partial charge in [-0.05, 0) is 35.4 Å². The molecule has 0 radical (unpaired) electrons. The Labute approximate surface area is 187 Å². The fourth-order valence-corrected chi connectivity index (χ4v) is 2.85. The number of anilines is 1. The van der Waals surface area contributed by atoms with E-state index < -0.39 is 11.5 Å². The molecule has 0 spiro atoms. The molecule has 0 aromatic heterocycles. The number of aliphatic hydroxyl groups excluding tert-OH is 1. The van der Waals surface area contributed by atoms with E-state index in [2.05, 4.69) is 10.6 Å². The summed E-state index contributed by atoms with van der Waals surface area (Å²) in [7, 11) is 1.59. The van der Waals surface area contributed by atoms with Gasteiger partial charge in [0.2, 0.25) is 5.91 Å². The number of likely N-dealkylation sites (N-methyl/N-ethyl adjacent to an activating group) is 1. The summed E-state index contributed by atoms with van der Waals surface area (Å²) in [6.45, 7) is 6.07. The van der Waals surface area contributed by atoms with Crippen molar-refractivity contribution in [3.63, 3.8) is 0 Å². The molecule has 0 aliphatic carbocycles. The van der Waals surface area contributed by atoms with E-state index in [-0.39, 0.29) is 18.5 Å². The van der Waals surface area contributed by atoms with Gasteiger partial charge in [-0.25, -0.2) is 4.79 Å². The van der Waals surface area contributed by atoms with Crippen molar-refractivity contribution in [3.05, 3.63) is 63.6 Å². The van der Waals surface area contributed by atoms with E-state index in [4.69, 9.17) is 23.2 Å². The van der Waals surface area contributed by atoms with Gasteiger partial charge in [0.15, 0.2) is 0 Å². The minimum Gasteiger partial charge on any atom is -0.387 e. The van der Waals surface area contributed by atoms with Gasteiger partial charge < -0.3 is 20.6 Å². The van der Waals surface area contributed by atoms with Crippen LogP contribution >= 0.6 is 23.2 Å². The number of nitrogens with zero attached hydrogens (tertiary/aromatic N) is 1. The Morgan fingerprint density at radius 2 is 1.70 bits per heavy atom. The molecule has 0 bridgehead atoms. The maximum absolute atomic E-state index is 12.4. The lowest BCUT2D eigenvalue weighted by molar-refractivity contribution is -0.128. The third-order valence-electron chi connectivity index (χ3n) is 4.46. The number of nitrogens with one attached hydrogen (secondary N) is 2. The Bertz CT molecular complexity index is 895. The maximum atomic E-state index is 12.4. The summed E-state index contributed by atoms with van der Waals surface area (Å²) in [5.74, 6) is -0.0259. The van der Waals surface area contributed by atoms with E-state index in [9.17, 15) is 14.7 Å². The van der Waals surface area contributed by atoms with Gasteiger partial charge in [-0.15, -0.1) is 0 Å². The predicted molar refractivity (Wildman–Crippen MR) is 121 cm³/mol. The SMILES string of the molecule is CN(CC(O)c1ccc(Cl)c(Cl)c1)C(=O)Nc1ccc(CNC(=O)C(C)(C)C)cc1. The van der Waals surface area contributed by atoms with E-state index in [0.29, 0.717) is 27.8 Å². The standard InChI is InChI=1S/C22H27Cl2N3O3/c1-22(2,3)20(29)25-12-14-5-8-16(9-6-14)26-21(30)27(4)13-19(28)15-7-10-17(23)18(24)11-15/h5-11,19,28H,12-13H2,1-4H3,(H,25,29)(H,26,30). The molecule has 2 aromatic carbocycles. The summed E-state index contributed by atoms with van der Waals surface area (Å²) < 4.78 is 0. The lowest BCUT2D eigenvalue weighted by Gasteiger charge is -2.22. The molecule has 8 heteroatoms. The number of hydrogen-bond acceptors (Lipinski definition) is 3. The minimum absolute atomic E-state index is 0.0259. The zero-order valence-electron chi connectivity index (χ0n) is 17.5. The van der Waals surface area contributed by atoms with Crippen molar-refractivity contribution in [2.24, 2.45) is 5.41 Å². The first-order chi connectivity index (χ1) is 14.0. The molecule has 162 valence electrons. The number of halogens is 2. The van der Waals surface area contributed by atoms with Crippen LogP contribution in [0.5, 0.6) is 0 Å². The maximum Gasteiger partial charge on any atom is 0.321 e. The lowest BCUT2D eigenvalue weighted by Crippen LogP contribution is -2.35. The normalized spacial score (nSPS) is 12.2. The van der Waals surface area contributed by atoms with Crippen molar-refractivity contribution in [1.29, 1.82) is 0 Å². The number of benzene rings is 2. The topological polar surface area (TPSA) is 81.7 Å². The fraction of sp³-hybridized carbons (Fsp3) is 0.364. The van der Waals surface area contributed by atoms with Crippen LogP contribution in [0.3, 0.4) is 0 Å². The van der Waals surface area contributed by atoms with Gasteiger partial charge in [0.1, 0.15) is 0 Å². The Morgan fingerprint density at radius 3 is 2.27 bits per heavy atom. The molecule has 2 aromatic rings. The van der Waals surface area contributed by atoms with Gasteiger partial charge in [0, 0.05) is 24.7 Å². The second-order valence-corrected chi connectivity index (χ2v) is 8.94. The van der Waals surface area contributed by atoms with E-state index in [1.165, 1.54) is 4.90 Å². The van der Waals surface area contributed by atoms with Crippen molar-refractivity contribution >= 4 is 40.8 Å². The number of rotatable bonds is 6. The van der Waals surface area contributed by atoms with Crippen LogP contribution < -0.4 is 10.6 Å². The first-order valence-electron chi connectivity index (χ1n) is 9.49. The summed E-state index contributed by atoms with van der Waals surface area (Å²) >= 11 is 11.9. The summed E-state index contributed by atoms with van der Waals surface area (Å²) in [6.07, 6.45) is -0.899. The van der Waals surface area contributed by atoms with Gasteiger partial charge in [0.05, 0.1) is 22.7 Å². The van der Waals surface area contributed by atoms with Crippen molar-refractivity contribution < 1.29 is 14.7 Å². The molecular formula is C22H27Cl2N3O3. The molecule has 1 atom stereocenters. The molecule has 0 fully saturated rings. The van der Waals surface area contributed by atoms with Crippen LogP contribution in [0.25, 0.3) is 0 Å². The Morgan fingerprint density at radius 1 is 1.07 bits per heavy atom. The van der Waals surface area contributed by atoms with Crippen molar-refractivity contribution in [3.8, 4) is 0 Å². The van der Waals surface area contributed by atoms with E-state index in [1.807, 2.05) is 32.9 Å². The average Bonchev–Trinajstić information content (AvgIpc) is 2.68.